The number of amides is 2. The molecule has 0 radical (unpaired) electrons. The number of nitrogens with one attached hydrogen (secondary N) is 2. The van der Waals surface area contributed by atoms with Gasteiger partial charge in [-0.25, -0.2) is 4.79 Å². The molecule has 0 bridgehead atoms. The number of carbonyl (C=O) groups excluding carboxylic acids is 1. The second-order valence-electron chi connectivity index (χ2n) is 4.71. The van der Waals surface area contributed by atoms with Crippen molar-refractivity contribution in [1.29, 1.82) is 0 Å². The third-order valence-electron chi connectivity index (χ3n) is 3.05. The maximum absolute atomic E-state index is 11.7. The van der Waals surface area contributed by atoms with Gasteiger partial charge in [0.1, 0.15) is 0 Å². The van der Waals surface area contributed by atoms with Gasteiger partial charge in [-0.3, -0.25) is 4.79 Å². The van der Waals surface area contributed by atoms with Gasteiger partial charge in [-0.1, -0.05) is 0 Å². The van der Waals surface area contributed by atoms with Crippen LogP contribution in [-0.2, 0) is 14.3 Å². The van der Waals surface area contributed by atoms with E-state index in [1.165, 1.54) is 7.11 Å². The summed E-state index contributed by atoms with van der Waals surface area (Å²) in [6.45, 7) is 2.79. The summed E-state index contributed by atoms with van der Waals surface area (Å²) in [5, 5.41) is 14.1. The highest BCUT2D eigenvalue weighted by Crippen LogP contribution is 2.12. The summed E-state index contributed by atoms with van der Waals surface area (Å²) in [6.07, 6.45) is 1.08. The standard InChI is InChI=1S/C12H22N2O5/c1-8-5-9(3-4-19-8)14-12(17)13-7-10(18-2)6-11(15)16/h8-10H,3-7H2,1-2H3,(H,15,16)(H2,13,14,17). The zero-order valence-electron chi connectivity index (χ0n) is 11.3. The van der Waals surface area contributed by atoms with Crippen molar-refractivity contribution in [1.82, 2.24) is 10.6 Å². The van der Waals surface area contributed by atoms with Crippen molar-refractivity contribution >= 4 is 12.0 Å². The number of carbonyl (C=O) groups is 2. The SMILES string of the molecule is COC(CNC(=O)NC1CCOC(C)C1)CC(=O)O. The molecule has 7 heteroatoms. The van der Waals surface area contributed by atoms with Crippen LogP contribution in [0.2, 0.25) is 0 Å². The van der Waals surface area contributed by atoms with E-state index in [-0.39, 0.29) is 31.1 Å². The Morgan fingerprint density at radius 2 is 2.26 bits per heavy atom. The molecule has 1 fully saturated rings. The average Bonchev–Trinajstić information content (AvgIpc) is 2.34. The molecule has 1 saturated heterocycles. The van der Waals surface area contributed by atoms with E-state index >= 15 is 0 Å². The van der Waals surface area contributed by atoms with Crippen molar-refractivity contribution in [3.8, 4) is 0 Å². The van der Waals surface area contributed by atoms with Gasteiger partial charge in [-0.2, -0.15) is 0 Å². The zero-order chi connectivity index (χ0) is 14.3. The van der Waals surface area contributed by atoms with Gasteiger partial charge >= 0.3 is 12.0 Å². The molecule has 1 heterocycles. The lowest BCUT2D eigenvalue weighted by Crippen LogP contribution is -2.47. The second-order valence-corrected chi connectivity index (χ2v) is 4.71. The minimum atomic E-state index is -0.952. The molecule has 0 saturated carbocycles. The third kappa shape index (κ3) is 6.40. The number of hydrogen-bond acceptors (Lipinski definition) is 4. The van der Waals surface area contributed by atoms with E-state index in [0.717, 1.165) is 12.8 Å². The minimum absolute atomic E-state index is 0.101. The first-order valence-electron chi connectivity index (χ1n) is 6.41. The molecule has 2 amide bonds. The highest BCUT2D eigenvalue weighted by Gasteiger charge is 2.21. The van der Waals surface area contributed by atoms with Crippen molar-refractivity contribution in [3.63, 3.8) is 0 Å². The maximum Gasteiger partial charge on any atom is 0.315 e. The minimum Gasteiger partial charge on any atom is -0.481 e. The summed E-state index contributed by atoms with van der Waals surface area (Å²) in [5.74, 6) is -0.952. The summed E-state index contributed by atoms with van der Waals surface area (Å²) in [5.41, 5.74) is 0. The molecule has 1 aliphatic heterocycles. The monoisotopic (exact) mass is 274 g/mol. The first kappa shape index (κ1) is 15.7. The summed E-state index contributed by atoms with van der Waals surface area (Å²) in [4.78, 5) is 22.2. The Balaban J connectivity index is 2.24. The lowest BCUT2D eigenvalue weighted by molar-refractivity contribution is -0.139. The predicted molar refractivity (Wildman–Crippen MR) is 68.0 cm³/mol. The normalized spacial score (nSPS) is 24.5. The molecule has 3 unspecified atom stereocenters. The topological polar surface area (TPSA) is 96.9 Å². The predicted octanol–water partition coefficient (Wildman–Crippen LogP) is 0.343. The van der Waals surface area contributed by atoms with Gasteiger partial charge in [0, 0.05) is 26.3 Å². The fourth-order valence-corrected chi connectivity index (χ4v) is 2.01. The van der Waals surface area contributed by atoms with Crippen molar-refractivity contribution in [2.24, 2.45) is 0 Å². The van der Waals surface area contributed by atoms with Gasteiger partial charge in [0.15, 0.2) is 0 Å². The molecule has 0 aromatic heterocycles. The molecule has 0 aromatic rings. The number of ether oxygens (including phenoxy) is 2. The van der Waals surface area contributed by atoms with Crippen LogP contribution in [0.4, 0.5) is 4.79 Å². The molecule has 3 atom stereocenters. The van der Waals surface area contributed by atoms with Crippen LogP contribution >= 0.6 is 0 Å². The van der Waals surface area contributed by atoms with Crippen molar-refractivity contribution in [3.05, 3.63) is 0 Å². The molecule has 0 aliphatic carbocycles. The molecule has 7 nitrogen and oxygen atoms in total. The first-order chi connectivity index (χ1) is 9.01. The number of urea groups is 1. The van der Waals surface area contributed by atoms with Gasteiger partial charge in [0.2, 0.25) is 0 Å². The van der Waals surface area contributed by atoms with Crippen LogP contribution in [0.25, 0.3) is 0 Å². The van der Waals surface area contributed by atoms with E-state index in [1.807, 2.05) is 6.92 Å². The molecule has 3 N–H and O–H groups in total. The van der Waals surface area contributed by atoms with Crippen LogP contribution in [0, 0.1) is 0 Å². The molecular weight excluding hydrogens is 252 g/mol. The van der Waals surface area contributed by atoms with E-state index in [4.69, 9.17) is 14.6 Å². The van der Waals surface area contributed by atoms with Crippen LogP contribution in [0.1, 0.15) is 26.2 Å². The number of carboxylic acids is 1. The van der Waals surface area contributed by atoms with Crippen molar-refractivity contribution < 1.29 is 24.2 Å². The summed E-state index contributed by atoms with van der Waals surface area (Å²) >= 11 is 0. The number of carboxylic acid groups (broad SMARTS) is 1. The molecule has 1 aliphatic rings. The first-order valence-corrected chi connectivity index (χ1v) is 6.41. The summed E-state index contributed by atoms with van der Waals surface area (Å²) in [6, 6.07) is -0.198. The van der Waals surface area contributed by atoms with Crippen LogP contribution < -0.4 is 10.6 Å². The van der Waals surface area contributed by atoms with E-state index in [1.54, 1.807) is 0 Å². The molecular formula is C12H22N2O5. The van der Waals surface area contributed by atoms with Crippen LogP contribution in [0.3, 0.4) is 0 Å². The molecule has 0 aromatic carbocycles. The smallest absolute Gasteiger partial charge is 0.315 e. The largest absolute Gasteiger partial charge is 0.481 e. The van der Waals surface area contributed by atoms with Crippen LogP contribution in [0.15, 0.2) is 0 Å². The van der Waals surface area contributed by atoms with Crippen LogP contribution in [-0.4, -0.2) is 55.6 Å². The number of aliphatic carboxylic acids is 1. The Labute approximate surface area is 112 Å². The van der Waals surface area contributed by atoms with E-state index in [9.17, 15) is 9.59 Å². The molecule has 19 heavy (non-hydrogen) atoms. The Morgan fingerprint density at radius 1 is 1.53 bits per heavy atom. The third-order valence-corrected chi connectivity index (χ3v) is 3.05. The Morgan fingerprint density at radius 3 is 2.84 bits per heavy atom. The Bertz CT molecular complexity index is 310. The maximum atomic E-state index is 11.7. The summed E-state index contributed by atoms with van der Waals surface area (Å²) < 4.78 is 10.4. The molecule has 1 rings (SSSR count). The molecule has 0 spiro atoms. The van der Waals surface area contributed by atoms with Crippen molar-refractivity contribution in [2.45, 2.75) is 44.4 Å². The quantitative estimate of drug-likeness (QED) is 0.649. The lowest BCUT2D eigenvalue weighted by atomic mass is 10.0. The van der Waals surface area contributed by atoms with E-state index in [0.29, 0.717) is 6.61 Å². The van der Waals surface area contributed by atoms with Crippen molar-refractivity contribution in [2.75, 3.05) is 20.3 Å². The van der Waals surface area contributed by atoms with E-state index < -0.39 is 12.1 Å². The van der Waals surface area contributed by atoms with Gasteiger partial charge < -0.3 is 25.2 Å². The number of hydrogen-bond donors (Lipinski definition) is 3. The summed E-state index contributed by atoms with van der Waals surface area (Å²) in [7, 11) is 1.42. The van der Waals surface area contributed by atoms with Gasteiger partial charge in [0.05, 0.1) is 18.6 Å². The Kier molecular flexibility index (Phi) is 6.58. The van der Waals surface area contributed by atoms with E-state index in [2.05, 4.69) is 10.6 Å². The van der Waals surface area contributed by atoms with Crippen LogP contribution in [0.5, 0.6) is 0 Å². The fourth-order valence-electron chi connectivity index (χ4n) is 2.01. The lowest BCUT2D eigenvalue weighted by Gasteiger charge is -2.28. The zero-order valence-corrected chi connectivity index (χ0v) is 11.3. The second kappa shape index (κ2) is 7.96. The molecule has 110 valence electrons. The van der Waals surface area contributed by atoms with Gasteiger partial charge in [-0.15, -0.1) is 0 Å². The Hall–Kier alpha value is -1.34. The highest BCUT2D eigenvalue weighted by molar-refractivity contribution is 5.74. The average molecular weight is 274 g/mol. The van der Waals surface area contributed by atoms with Gasteiger partial charge in [0.25, 0.3) is 0 Å². The van der Waals surface area contributed by atoms with Gasteiger partial charge in [-0.05, 0) is 19.8 Å². The number of methoxy groups -OCH3 is 1. The highest BCUT2D eigenvalue weighted by atomic mass is 16.5. The number of rotatable bonds is 6. The fraction of sp³-hybridized carbons (Fsp3) is 0.833.